The van der Waals surface area contributed by atoms with E-state index in [-0.39, 0.29) is 139 Å². The van der Waals surface area contributed by atoms with Crippen LogP contribution in [0, 0.1) is 36.5 Å². The van der Waals surface area contributed by atoms with Gasteiger partial charge in [-0.25, -0.2) is 0 Å². The third-order valence-electron chi connectivity index (χ3n) is 25.4. The summed E-state index contributed by atoms with van der Waals surface area (Å²) < 4.78 is 44.5. The van der Waals surface area contributed by atoms with E-state index in [1.807, 2.05) is 58.0 Å². The number of aliphatic hydroxyl groups excluding tert-OH is 11. The molecule has 0 radical (unpaired) electrons. The van der Waals surface area contributed by atoms with Gasteiger partial charge < -0.3 is 164 Å². The molecule has 0 bridgehead atoms. The Kier molecular flexibility index (Phi) is 59.3. The predicted octanol–water partition coefficient (Wildman–Crippen LogP) is -2.45. The Labute approximate surface area is 858 Å². The van der Waals surface area contributed by atoms with Gasteiger partial charge in [0.2, 0.25) is 47.3 Å². The number of amides is 8. The number of carbonyl (C=O) groups is 14. The standard InChI is InChI=1S/C57H95N11O13.C39H55NO18.C6H12O2/c1-6-13-51(75)62-26-12-8-11-16-40(71)32-41(35(4)69)55(79)65-44(18-23-59)48(72)30-38-21-27-63-54(78)42(36(5)70)33-50(74)45(19-24-60)66-56(80)46(20-25-61)67-57(81)47(28-34(2)3)68-53(77)39(29-37-14-9-7-10-15-37)31-49(73)43(17-22-58)64-52(38)76;1-19-6-5-7-22(14-19)21-9-11-24(12-10-21)53-18-23(45)8-3-4-13-52-37-28(40-20(2)44)31(48)35(27(17-43)56-37)57-39-34(51)36(30(47)26(16-42)55-39)58-38-33(50)32(49)29(46)25(15-41)54-38;1-6(7)4-3-5-8-2/h7,9-10,14-15,34-36,38-39,41-47,69-70H,6,8,11-13,16-33,58-61H2,1-5H3,(H,62,75)(H,63,78)(H,64,76)(H,65,79)(H,66,80)(H,67,81)(H,68,77);5-7,9-12,14,25-39,41-43,46-51H,3-4,8,13,15-18H2,1-2H3,(H,40,44);3-5H2,1-2H3/t35-,36-,38-,39+,41+,42+,43+,44+,45+,46+,47+;25?,26?,27?,28?,29-,30-,31+,32-,33?,34?,35+,36-,37+,38+,39-;/m10./s1. The number of unbranched alkanes of at least 4 members (excludes halogenated alkanes) is 3. The fourth-order valence-electron chi connectivity index (χ4n) is 17.0. The molecule has 3 aromatic carbocycles. The van der Waals surface area contributed by atoms with Gasteiger partial charge in [0.15, 0.2) is 42.0 Å². The zero-order valence-corrected chi connectivity index (χ0v) is 85.8. The van der Waals surface area contributed by atoms with Crippen molar-refractivity contribution in [2.75, 3.05) is 86.0 Å². The molecule has 26 atom stereocenters. The van der Waals surface area contributed by atoms with E-state index in [9.17, 15) is 123 Å². The lowest BCUT2D eigenvalue weighted by Gasteiger charge is -2.48. The number of carbonyl (C=O) groups excluding carboxylic acids is 14. The fraction of sp³-hybridized carbons (Fsp3) is 0.686. The first-order chi connectivity index (χ1) is 70.0. The molecule has 4 saturated heterocycles. The Hall–Kier alpha value is -9.64. The van der Waals surface area contributed by atoms with E-state index >= 15 is 0 Å². The molecule has 7 rings (SSSR count). The van der Waals surface area contributed by atoms with Crippen molar-refractivity contribution in [1.29, 1.82) is 0 Å². The average Bonchev–Trinajstić information content (AvgIpc) is 0.768. The molecular formula is C102H162N12O33. The van der Waals surface area contributed by atoms with Crippen LogP contribution in [0.3, 0.4) is 0 Å². The highest BCUT2D eigenvalue weighted by Crippen LogP contribution is 2.35. The summed E-state index contributed by atoms with van der Waals surface area (Å²) in [6, 6.07) is 16.7. The maximum Gasteiger partial charge on any atom is 0.243 e. The number of methoxy groups -OCH3 is 1. The van der Waals surface area contributed by atoms with Crippen molar-refractivity contribution >= 4 is 82.0 Å². The van der Waals surface area contributed by atoms with Gasteiger partial charge in [0.1, 0.15) is 109 Å². The van der Waals surface area contributed by atoms with Gasteiger partial charge in [0.25, 0.3) is 0 Å². The van der Waals surface area contributed by atoms with Crippen molar-refractivity contribution in [2.45, 2.75) is 331 Å². The second-order valence-corrected chi connectivity index (χ2v) is 38.2. The molecule has 828 valence electrons. The van der Waals surface area contributed by atoms with E-state index in [0.29, 0.717) is 69.4 Å². The van der Waals surface area contributed by atoms with Gasteiger partial charge in [-0.1, -0.05) is 99.5 Å². The minimum absolute atomic E-state index is 0.0241. The lowest BCUT2D eigenvalue weighted by Crippen LogP contribution is -2.68. The lowest BCUT2D eigenvalue weighted by atomic mass is 9.89. The summed E-state index contributed by atoms with van der Waals surface area (Å²) in [5, 5.41) is 137. The zero-order valence-electron chi connectivity index (χ0n) is 85.8. The van der Waals surface area contributed by atoms with Crippen LogP contribution >= 0.6 is 0 Å². The number of benzene rings is 3. The quantitative estimate of drug-likeness (QED) is 0.0261. The van der Waals surface area contributed by atoms with Crippen LogP contribution in [0.1, 0.15) is 194 Å². The summed E-state index contributed by atoms with van der Waals surface area (Å²) in [4.78, 5) is 187. The molecule has 3 aromatic rings. The van der Waals surface area contributed by atoms with Crippen LogP contribution in [0.2, 0.25) is 0 Å². The summed E-state index contributed by atoms with van der Waals surface area (Å²) in [5.41, 5.74) is 27.6. The van der Waals surface area contributed by atoms with E-state index in [4.69, 9.17) is 60.8 Å². The molecular weight excluding hydrogens is 1920 g/mol. The van der Waals surface area contributed by atoms with E-state index in [1.54, 1.807) is 56.5 Å². The number of rotatable bonds is 51. The van der Waals surface area contributed by atoms with Gasteiger partial charge in [-0.15, -0.1) is 0 Å². The van der Waals surface area contributed by atoms with Gasteiger partial charge in [0, 0.05) is 104 Å². The number of nitrogens with two attached hydrogens (primary N) is 4. The number of nitrogens with one attached hydrogen (secondary N) is 8. The summed E-state index contributed by atoms with van der Waals surface area (Å²) in [5.74, 6) is -12.1. The molecule has 27 N–H and O–H groups in total. The van der Waals surface area contributed by atoms with Crippen LogP contribution in [0.25, 0.3) is 11.1 Å². The number of hydrogen-bond acceptors (Lipinski definition) is 37. The van der Waals surface area contributed by atoms with Crippen LogP contribution in [0.15, 0.2) is 78.9 Å². The second-order valence-electron chi connectivity index (χ2n) is 38.2. The second kappa shape index (κ2) is 68.2. The SMILES string of the molecule is CC(=O)NC1[C@H](OCCCCC(=O)COc2ccc(-c3cccc(C)c3)cc2)OC(CO)[C@@H](O[C@@H]2OC(CO)[C@H](O)[C@H](O[C@H]3OC(CO)[C@H](O)[C@H](O)C3O)C2O)[C@@H]1O.CCCC(=O)NCCCCCC(=O)C[C@H](C(=O)N[C@@H](CCN)C(=O)C[C@H]1CCNC(=O)[C@H]([C@@H](C)O)CC(=O)[C@H](CCN)NC(=O)[C@H](CCN)NC(=O)[C@H](CC(C)C)NC(=O)[C@@H](Cc2ccccc2)CC(=O)[C@H](CCN)NC1=O)[C@@H](C)O.COCCCC(C)=O. The topological polar surface area (TPSA) is 736 Å². The molecule has 4 fully saturated rings. The largest absolute Gasteiger partial charge is 0.486 e. The molecule has 0 aliphatic carbocycles. The highest BCUT2D eigenvalue weighted by atomic mass is 16.8. The Bertz CT molecular complexity index is 4530. The van der Waals surface area contributed by atoms with Gasteiger partial charge in [-0.05, 0) is 172 Å². The highest BCUT2D eigenvalue weighted by molar-refractivity contribution is 5.99. The van der Waals surface area contributed by atoms with Crippen LogP contribution in [0.5, 0.6) is 5.75 Å². The van der Waals surface area contributed by atoms with Gasteiger partial charge in [0.05, 0.1) is 62.0 Å². The molecule has 4 heterocycles. The van der Waals surface area contributed by atoms with Crippen LogP contribution in [-0.2, 0) is 107 Å². The van der Waals surface area contributed by atoms with E-state index in [0.717, 1.165) is 29.5 Å². The minimum Gasteiger partial charge on any atom is -0.486 e. The number of hydrogen-bond donors (Lipinski definition) is 23. The lowest BCUT2D eigenvalue weighted by molar-refractivity contribution is -0.376. The molecule has 0 spiro atoms. The van der Waals surface area contributed by atoms with Crippen molar-refractivity contribution in [1.82, 2.24) is 42.5 Å². The molecule has 147 heavy (non-hydrogen) atoms. The summed E-state index contributed by atoms with van der Waals surface area (Å²) in [6.07, 6.45) is -22.9. The van der Waals surface area contributed by atoms with Crippen molar-refractivity contribution < 1.29 is 161 Å². The van der Waals surface area contributed by atoms with Gasteiger partial charge in [-0.2, -0.15) is 0 Å². The molecule has 0 saturated carbocycles. The number of ether oxygens (including phenoxy) is 8. The summed E-state index contributed by atoms with van der Waals surface area (Å²) >= 11 is 0. The molecule has 4 aliphatic heterocycles. The molecule has 0 aromatic heterocycles. The number of Topliss-reactive ketones (excluding diaryl/α,β-unsaturated/α-hetero) is 6. The highest BCUT2D eigenvalue weighted by Gasteiger charge is 2.55. The molecule has 4 aliphatic rings. The predicted molar refractivity (Wildman–Crippen MR) is 533 cm³/mol. The number of aliphatic hydroxyl groups is 11. The van der Waals surface area contributed by atoms with Crippen molar-refractivity contribution in [3.05, 3.63) is 90.0 Å². The Morgan fingerprint density at radius 1 is 0.551 bits per heavy atom. The number of aryl methyl sites for hydroxylation is 1. The van der Waals surface area contributed by atoms with Crippen LogP contribution in [0.4, 0.5) is 0 Å². The monoisotopic (exact) mass is 2080 g/mol. The first-order valence-electron chi connectivity index (χ1n) is 50.8. The third kappa shape index (κ3) is 44.1. The molecule has 6 unspecified atom stereocenters. The molecule has 45 heteroatoms. The van der Waals surface area contributed by atoms with Crippen LogP contribution in [-0.4, -0.2) is 359 Å². The average molecular weight is 2080 g/mol. The fourth-order valence-corrected chi connectivity index (χ4v) is 17.0. The third-order valence-corrected chi connectivity index (χ3v) is 25.4. The van der Waals surface area contributed by atoms with Crippen molar-refractivity contribution in [2.24, 2.45) is 52.5 Å². The van der Waals surface area contributed by atoms with E-state index in [2.05, 4.69) is 48.6 Å². The van der Waals surface area contributed by atoms with Crippen molar-refractivity contribution in [3.8, 4) is 16.9 Å². The van der Waals surface area contributed by atoms with Crippen molar-refractivity contribution in [3.63, 3.8) is 0 Å². The maximum absolute atomic E-state index is 14.6. The summed E-state index contributed by atoms with van der Waals surface area (Å²) in [7, 11) is 1.64. The first kappa shape index (κ1) is 128. The smallest absolute Gasteiger partial charge is 0.243 e. The van der Waals surface area contributed by atoms with Gasteiger partial charge in [-0.3, -0.25) is 62.3 Å². The maximum atomic E-state index is 14.6. The normalized spacial score (nSPS) is 27.1. The van der Waals surface area contributed by atoms with E-state index in [1.165, 1.54) is 20.8 Å². The van der Waals surface area contributed by atoms with Gasteiger partial charge >= 0.3 is 0 Å². The molecule has 8 amide bonds. The Morgan fingerprint density at radius 3 is 1.72 bits per heavy atom. The number of ketones is 6. The first-order valence-corrected chi connectivity index (χ1v) is 50.8. The van der Waals surface area contributed by atoms with Crippen LogP contribution < -0.4 is 70.2 Å². The zero-order chi connectivity index (χ0) is 109. The Morgan fingerprint density at radius 2 is 1.13 bits per heavy atom. The minimum atomic E-state index is -1.94. The van der Waals surface area contributed by atoms with E-state index < -0.39 is 256 Å². The molecule has 45 nitrogen and oxygen atoms in total. The Balaban J connectivity index is 0.000000501. The summed E-state index contributed by atoms with van der Waals surface area (Å²) in [6.45, 7) is 11.0.